The second kappa shape index (κ2) is 10.7. The molecule has 0 radical (unpaired) electrons. The van der Waals surface area contributed by atoms with Gasteiger partial charge in [0.05, 0.1) is 5.56 Å². The van der Waals surface area contributed by atoms with Crippen molar-refractivity contribution >= 4 is 11.8 Å². The molecule has 1 unspecified atom stereocenters. The molecule has 0 spiro atoms. The SMILES string of the molecule is CCCCC(CN)NC(=O)CCCNC(=O)c1ccc(F)cc1F. The van der Waals surface area contributed by atoms with E-state index in [2.05, 4.69) is 17.6 Å². The van der Waals surface area contributed by atoms with Crippen molar-refractivity contribution in [1.29, 1.82) is 0 Å². The molecule has 0 aliphatic rings. The van der Waals surface area contributed by atoms with E-state index >= 15 is 0 Å². The van der Waals surface area contributed by atoms with Gasteiger partial charge in [0.2, 0.25) is 5.91 Å². The van der Waals surface area contributed by atoms with Crippen molar-refractivity contribution in [2.24, 2.45) is 5.73 Å². The smallest absolute Gasteiger partial charge is 0.254 e. The molecular formula is C17H25F2N3O2. The second-order valence-electron chi connectivity index (χ2n) is 5.63. The van der Waals surface area contributed by atoms with Crippen LogP contribution in [0.15, 0.2) is 18.2 Å². The molecule has 7 heteroatoms. The van der Waals surface area contributed by atoms with Crippen LogP contribution in [0.3, 0.4) is 0 Å². The summed E-state index contributed by atoms with van der Waals surface area (Å²) in [5.74, 6) is -2.40. The van der Waals surface area contributed by atoms with Crippen molar-refractivity contribution in [3.05, 3.63) is 35.4 Å². The maximum absolute atomic E-state index is 13.4. The van der Waals surface area contributed by atoms with Crippen LogP contribution in [-0.4, -0.2) is 30.9 Å². The molecular weight excluding hydrogens is 316 g/mol. The Morgan fingerprint density at radius 2 is 2.00 bits per heavy atom. The summed E-state index contributed by atoms with van der Waals surface area (Å²) in [6.07, 6.45) is 3.55. The van der Waals surface area contributed by atoms with E-state index in [9.17, 15) is 18.4 Å². The highest BCUT2D eigenvalue weighted by atomic mass is 19.1. The molecule has 24 heavy (non-hydrogen) atoms. The summed E-state index contributed by atoms with van der Waals surface area (Å²) in [5, 5.41) is 5.37. The predicted molar refractivity (Wildman–Crippen MR) is 88.4 cm³/mol. The number of amides is 2. The zero-order valence-corrected chi connectivity index (χ0v) is 13.9. The fraction of sp³-hybridized carbons (Fsp3) is 0.529. The lowest BCUT2D eigenvalue weighted by molar-refractivity contribution is -0.121. The van der Waals surface area contributed by atoms with Crippen LogP contribution in [0, 0.1) is 11.6 Å². The van der Waals surface area contributed by atoms with E-state index in [0.29, 0.717) is 19.0 Å². The molecule has 0 aromatic heterocycles. The van der Waals surface area contributed by atoms with Crippen LogP contribution in [0.25, 0.3) is 0 Å². The molecule has 1 aromatic rings. The molecule has 0 aliphatic heterocycles. The van der Waals surface area contributed by atoms with Crippen LogP contribution in [0.1, 0.15) is 49.4 Å². The first-order chi connectivity index (χ1) is 11.5. The number of benzene rings is 1. The normalized spacial score (nSPS) is 11.8. The first kappa shape index (κ1) is 20.0. The van der Waals surface area contributed by atoms with Gasteiger partial charge in [0.25, 0.3) is 5.91 Å². The highest BCUT2D eigenvalue weighted by Crippen LogP contribution is 2.09. The number of halogens is 2. The minimum atomic E-state index is -0.910. The Kier molecular flexibility index (Phi) is 8.93. The quantitative estimate of drug-likeness (QED) is 0.570. The molecule has 0 saturated heterocycles. The highest BCUT2D eigenvalue weighted by Gasteiger charge is 2.13. The second-order valence-corrected chi connectivity index (χ2v) is 5.63. The van der Waals surface area contributed by atoms with E-state index < -0.39 is 17.5 Å². The van der Waals surface area contributed by atoms with Crippen molar-refractivity contribution in [3.8, 4) is 0 Å². The average molecular weight is 341 g/mol. The summed E-state index contributed by atoms with van der Waals surface area (Å²) in [4.78, 5) is 23.6. The van der Waals surface area contributed by atoms with E-state index in [1.165, 1.54) is 0 Å². The van der Waals surface area contributed by atoms with Gasteiger partial charge in [-0.05, 0) is 25.0 Å². The third-order valence-corrected chi connectivity index (χ3v) is 3.60. The zero-order chi connectivity index (χ0) is 17.9. The van der Waals surface area contributed by atoms with Gasteiger partial charge in [0.1, 0.15) is 11.6 Å². The Bertz CT molecular complexity index is 553. The van der Waals surface area contributed by atoms with Gasteiger partial charge in [-0.25, -0.2) is 8.78 Å². The third kappa shape index (κ3) is 7.04. The summed E-state index contributed by atoms with van der Waals surface area (Å²) in [6, 6.07) is 2.74. The third-order valence-electron chi connectivity index (χ3n) is 3.60. The molecule has 0 aliphatic carbocycles. The zero-order valence-electron chi connectivity index (χ0n) is 13.9. The van der Waals surface area contributed by atoms with Crippen LogP contribution in [0.2, 0.25) is 0 Å². The summed E-state index contributed by atoms with van der Waals surface area (Å²) in [5.41, 5.74) is 5.39. The number of carbonyl (C=O) groups is 2. The van der Waals surface area contributed by atoms with Gasteiger partial charge in [-0.2, -0.15) is 0 Å². The maximum Gasteiger partial charge on any atom is 0.254 e. The molecule has 0 saturated carbocycles. The van der Waals surface area contributed by atoms with E-state index in [1.54, 1.807) is 0 Å². The highest BCUT2D eigenvalue weighted by molar-refractivity contribution is 5.94. The lowest BCUT2D eigenvalue weighted by Crippen LogP contribution is -2.40. The van der Waals surface area contributed by atoms with Crippen molar-refractivity contribution in [3.63, 3.8) is 0 Å². The minimum Gasteiger partial charge on any atom is -0.352 e. The van der Waals surface area contributed by atoms with Gasteiger partial charge in [-0.1, -0.05) is 19.8 Å². The van der Waals surface area contributed by atoms with Crippen LogP contribution in [0.4, 0.5) is 8.78 Å². The first-order valence-corrected chi connectivity index (χ1v) is 8.20. The molecule has 4 N–H and O–H groups in total. The fourth-order valence-corrected chi connectivity index (χ4v) is 2.22. The molecule has 0 bridgehead atoms. The van der Waals surface area contributed by atoms with E-state index in [0.717, 1.165) is 31.4 Å². The largest absolute Gasteiger partial charge is 0.352 e. The number of nitrogens with two attached hydrogens (primary N) is 1. The Hall–Kier alpha value is -2.02. The molecule has 2 amide bonds. The van der Waals surface area contributed by atoms with Crippen molar-refractivity contribution < 1.29 is 18.4 Å². The van der Waals surface area contributed by atoms with Gasteiger partial charge in [-0.15, -0.1) is 0 Å². The van der Waals surface area contributed by atoms with Gasteiger partial charge in [0, 0.05) is 31.6 Å². The molecule has 1 atom stereocenters. The van der Waals surface area contributed by atoms with Crippen LogP contribution < -0.4 is 16.4 Å². The topological polar surface area (TPSA) is 84.2 Å². The van der Waals surface area contributed by atoms with E-state index in [1.807, 2.05) is 0 Å². The monoisotopic (exact) mass is 341 g/mol. The Morgan fingerprint density at radius 3 is 2.62 bits per heavy atom. The van der Waals surface area contributed by atoms with Crippen LogP contribution in [0.5, 0.6) is 0 Å². The predicted octanol–water partition coefficient (Wildman–Crippen LogP) is 2.11. The number of unbranched alkanes of at least 4 members (excludes halogenated alkanes) is 1. The van der Waals surface area contributed by atoms with E-state index in [4.69, 9.17) is 5.73 Å². The Balaban J connectivity index is 2.29. The lowest BCUT2D eigenvalue weighted by Gasteiger charge is -2.16. The van der Waals surface area contributed by atoms with Crippen molar-refractivity contribution in [2.45, 2.75) is 45.1 Å². The first-order valence-electron chi connectivity index (χ1n) is 8.20. The van der Waals surface area contributed by atoms with Crippen molar-refractivity contribution in [1.82, 2.24) is 10.6 Å². The van der Waals surface area contributed by atoms with Gasteiger partial charge >= 0.3 is 0 Å². The van der Waals surface area contributed by atoms with Crippen LogP contribution in [-0.2, 0) is 4.79 Å². The number of hydrogen-bond donors (Lipinski definition) is 3. The number of nitrogens with one attached hydrogen (secondary N) is 2. The molecule has 1 rings (SSSR count). The standard InChI is InChI=1S/C17H25F2N3O2/c1-2-3-5-13(11-20)22-16(23)6-4-9-21-17(24)14-8-7-12(18)10-15(14)19/h7-8,10,13H,2-6,9,11,20H2,1H3,(H,21,24)(H,22,23). The Morgan fingerprint density at radius 1 is 1.25 bits per heavy atom. The summed E-state index contributed by atoms with van der Waals surface area (Å²) in [6.45, 7) is 2.69. The fourth-order valence-electron chi connectivity index (χ4n) is 2.22. The average Bonchev–Trinajstić information content (AvgIpc) is 2.55. The number of rotatable bonds is 10. The molecule has 0 fully saturated rings. The van der Waals surface area contributed by atoms with E-state index in [-0.39, 0.29) is 30.5 Å². The van der Waals surface area contributed by atoms with Gasteiger partial charge in [-0.3, -0.25) is 9.59 Å². The summed E-state index contributed by atoms with van der Waals surface area (Å²) >= 11 is 0. The molecule has 0 heterocycles. The summed E-state index contributed by atoms with van der Waals surface area (Å²) in [7, 11) is 0. The maximum atomic E-state index is 13.4. The number of carbonyl (C=O) groups excluding carboxylic acids is 2. The van der Waals surface area contributed by atoms with Crippen molar-refractivity contribution in [2.75, 3.05) is 13.1 Å². The van der Waals surface area contributed by atoms with Gasteiger partial charge < -0.3 is 16.4 Å². The summed E-state index contributed by atoms with van der Waals surface area (Å²) < 4.78 is 26.2. The van der Waals surface area contributed by atoms with Gasteiger partial charge in [0.15, 0.2) is 0 Å². The molecule has 1 aromatic carbocycles. The molecule has 134 valence electrons. The Labute approximate surface area is 141 Å². The molecule has 5 nitrogen and oxygen atoms in total. The lowest BCUT2D eigenvalue weighted by atomic mass is 10.1. The number of hydrogen-bond acceptors (Lipinski definition) is 3. The minimum absolute atomic E-state index is 0.0275. The van der Waals surface area contributed by atoms with Crippen LogP contribution >= 0.6 is 0 Å².